The summed E-state index contributed by atoms with van der Waals surface area (Å²) in [6, 6.07) is 10.1. The van der Waals surface area contributed by atoms with Crippen LogP contribution in [0.3, 0.4) is 0 Å². The van der Waals surface area contributed by atoms with E-state index in [9.17, 15) is 19.3 Å². The molecule has 0 saturated carbocycles. The largest absolute Gasteiger partial charge is 0.345 e. The Labute approximate surface area is 161 Å². The number of carbonyl (C=O) groups excluding carboxylic acids is 1. The number of hydrogen-bond donors (Lipinski definition) is 1. The number of amides is 1. The summed E-state index contributed by atoms with van der Waals surface area (Å²) in [6.07, 6.45) is 1.62. The summed E-state index contributed by atoms with van der Waals surface area (Å²) in [4.78, 5) is 23.4. The van der Waals surface area contributed by atoms with Crippen molar-refractivity contribution < 1.29 is 14.1 Å². The van der Waals surface area contributed by atoms with Crippen molar-refractivity contribution in [1.29, 1.82) is 0 Å². The summed E-state index contributed by atoms with van der Waals surface area (Å²) in [5.74, 6) is -0.869. The number of aryl methyl sites for hydroxylation is 1. The third kappa shape index (κ3) is 3.62. The summed E-state index contributed by atoms with van der Waals surface area (Å²) in [5, 5.41) is 18.4. The normalized spacial score (nSPS) is 11.9. The fraction of sp³-hybridized carbons (Fsp3) is 0.200. The van der Waals surface area contributed by atoms with Gasteiger partial charge in [-0.2, -0.15) is 5.10 Å². The Bertz CT molecular complexity index is 1040. The molecule has 1 atom stereocenters. The van der Waals surface area contributed by atoms with E-state index in [4.69, 9.17) is 0 Å². The van der Waals surface area contributed by atoms with Gasteiger partial charge in [-0.3, -0.25) is 14.9 Å². The Morgan fingerprint density at radius 3 is 2.54 bits per heavy atom. The second-order valence-corrected chi connectivity index (χ2v) is 6.50. The third-order valence-corrected chi connectivity index (χ3v) is 4.60. The van der Waals surface area contributed by atoms with Crippen LogP contribution in [-0.2, 0) is 0 Å². The Hall–Kier alpha value is -3.55. The van der Waals surface area contributed by atoms with Gasteiger partial charge in [-0.25, -0.2) is 9.07 Å². The molecular weight excluding hydrogens is 363 g/mol. The molecule has 1 unspecified atom stereocenters. The van der Waals surface area contributed by atoms with Crippen LogP contribution in [-0.4, -0.2) is 20.6 Å². The number of nitro groups is 1. The van der Waals surface area contributed by atoms with Gasteiger partial charge in [-0.1, -0.05) is 12.1 Å². The maximum absolute atomic E-state index is 13.1. The first-order chi connectivity index (χ1) is 13.3. The van der Waals surface area contributed by atoms with Gasteiger partial charge in [-0.05, 0) is 51.1 Å². The summed E-state index contributed by atoms with van der Waals surface area (Å²) >= 11 is 0. The molecule has 0 fully saturated rings. The molecule has 0 aliphatic carbocycles. The van der Waals surface area contributed by atoms with Crippen LogP contribution in [0.4, 0.5) is 10.1 Å². The molecule has 1 amide bonds. The molecule has 1 heterocycles. The summed E-state index contributed by atoms with van der Waals surface area (Å²) in [6.45, 7) is 5.21. The Kier molecular flexibility index (Phi) is 5.21. The van der Waals surface area contributed by atoms with Crippen LogP contribution in [0, 0.1) is 29.8 Å². The minimum atomic E-state index is -0.549. The third-order valence-electron chi connectivity index (χ3n) is 4.60. The number of aromatic nitrogens is 2. The Morgan fingerprint density at radius 2 is 1.89 bits per heavy atom. The Morgan fingerprint density at radius 1 is 1.21 bits per heavy atom. The van der Waals surface area contributed by atoms with E-state index >= 15 is 0 Å². The monoisotopic (exact) mass is 382 g/mol. The molecule has 8 heteroatoms. The van der Waals surface area contributed by atoms with Crippen molar-refractivity contribution in [2.24, 2.45) is 0 Å². The van der Waals surface area contributed by atoms with Gasteiger partial charge in [0.1, 0.15) is 11.4 Å². The van der Waals surface area contributed by atoms with E-state index in [1.807, 2.05) is 6.92 Å². The van der Waals surface area contributed by atoms with E-state index in [2.05, 4.69) is 10.4 Å². The van der Waals surface area contributed by atoms with Crippen LogP contribution < -0.4 is 5.32 Å². The smallest absolute Gasteiger partial charge is 0.285 e. The van der Waals surface area contributed by atoms with E-state index in [0.29, 0.717) is 11.3 Å². The van der Waals surface area contributed by atoms with Crippen molar-refractivity contribution in [2.45, 2.75) is 26.8 Å². The number of rotatable bonds is 5. The van der Waals surface area contributed by atoms with Gasteiger partial charge in [-0.15, -0.1) is 0 Å². The van der Waals surface area contributed by atoms with Crippen molar-refractivity contribution in [2.75, 3.05) is 0 Å². The second kappa shape index (κ2) is 7.59. The highest BCUT2D eigenvalue weighted by atomic mass is 19.1. The highest BCUT2D eigenvalue weighted by Gasteiger charge is 2.24. The molecule has 2 aromatic carbocycles. The second-order valence-electron chi connectivity index (χ2n) is 6.50. The lowest BCUT2D eigenvalue weighted by molar-refractivity contribution is -0.385. The van der Waals surface area contributed by atoms with Crippen molar-refractivity contribution >= 4 is 11.6 Å². The molecule has 3 aromatic rings. The lowest BCUT2D eigenvalue weighted by Crippen LogP contribution is -2.27. The van der Waals surface area contributed by atoms with E-state index in [1.165, 1.54) is 18.2 Å². The molecular formula is C20H19FN4O3. The molecule has 0 bridgehead atoms. The minimum Gasteiger partial charge on any atom is -0.345 e. The van der Waals surface area contributed by atoms with E-state index in [-0.39, 0.29) is 17.1 Å². The predicted molar refractivity (Wildman–Crippen MR) is 102 cm³/mol. The number of nitrogens with one attached hydrogen (secondary N) is 1. The first-order valence-corrected chi connectivity index (χ1v) is 8.65. The average Bonchev–Trinajstić information content (AvgIpc) is 3.03. The van der Waals surface area contributed by atoms with Gasteiger partial charge >= 0.3 is 0 Å². The zero-order valence-electron chi connectivity index (χ0n) is 15.6. The Balaban J connectivity index is 1.85. The van der Waals surface area contributed by atoms with Crippen LogP contribution in [0.2, 0.25) is 0 Å². The maximum Gasteiger partial charge on any atom is 0.285 e. The van der Waals surface area contributed by atoms with Gasteiger partial charge < -0.3 is 5.32 Å². The van der Waals surface area contributed by atoms with Crippen molar-refractivity contribution in [3.8, 4) is 5.69 Å². The van der Waals surface area contributed by atoms with Gasteiger partial charge in [0.05, 0.1) is 22.8 Å². The fourth-order valence-corrected chi connectivity index (χ4v) is 3.13. The molecule has 28 heavy (non-hydrogen) atoms. The number of para-hydroxylation sites is 1. The lowest BCUT2D eigenvalue weighted by Gasteiger charge is -2.15. The predicted octanol–water partition coefficient (Wildman–Crippen LogP) is 4.03. The molecule has 0 saturated heterocycles. The molecule has 0 radical (unpaired) electrons. The minimum absolute atomic E-state index is 0.0143. The van der Waals surface area contributed by atoms with Crippen LogP contribution in [0.25, 0.3) is 5.69 Å². The zero-order chi connectivity index (χ0) is 20.4. The molecule has 0 aliphatic rings. The van der Waals surface area contributed by atoms with E-state index in [1.54, 1.807) is 49.0 Å². The number of nitrogens with zero attached hydrogens (tertiary/aromatic N) is 3. The summed E-state index contributed by atoms with van der Waals surface area (Å²) in [7, 11) is 0. The van der Waals surface area contributed by atoms with Crippen LogP contribution in [0.15, 0.2) is 48.7 Å². The fourth-order valence-electron chi connectivity index (χ4n) is 3.13. The lowest BCUT2D eigenvalue weighted by atomic mass is 10.1. The maximum atomic E-state index is 13.1. The number of benzene rings is 2. The average molecular weight is 382 g/mol. The highest BCUT2D eigenvalue weighted by molar-refractivity contribution is 5.98. The molecule has 1 aromatic heterocycles. The number of hydrogen-bond acceptors (Lipinski definition) is 4. The van der Waals surface area contributed by atoms with Crippen molar-refractivity contribution in [3.63, 3.8) is 0 Å². The topological polar surface area (TPSA) is 90.1 Å². The molecule has 3 rings (SSSR count). The van der Waals surface area contributed by atoms with Crippen molar-refractivity contribution in [1.82, 2.24) is 15.1 Å². The highest BCUT2D eigenvalue weighted by Crippen LogP contribution is 2.25. The SMILES string of the molecule is Cc1cccc(C(=O)NC(C)c2cnn(-c3ccc(F)cc3)c2C)c1[N+](=O)[O-]. The molecule has 1 N–H and O–H groups in total. The van der Waals surface area contributed by atoms with Crippen LogP contribution >= 0.6 is 0 Å². The van der Waals surface area contributed by atoms with Gasteiger partial charge in [0.25, 0.3) is 11.6 Å². The van der Waals surface area contributed by atoms with Crippen LogP contribution in [0.1, 0.15) is 40.1 Å². The summed E-state index contributed by atoms with van der Waals surface area (Å²) in [5.41, 5.74) is 2.46. The van der Waals surface area contributed by atoms with Gasteiger partial charge in [0.2, 0.25) is 0 Å². The van der Waals surface area contributed by atoms with Crippen LogP contribution in [0.5, 0.6) is 0 Å². The quantitative estimate of drug-likeness (QED) is 0.533. The standard InChI is InChI=1S/C20H19FN4O3/c1-12-5-4-6-17(19(12)25(27)28)20(26)23-13(2)18-11-22-24(14(18)3)16-9-7-15(21)8-10-16/h4-11,13H,1-3H3,(H,23,26). The molecule has 0 spiro atoms. The van der Waals surface area contributed by atoms with E-state index in [0.717, 1.165) is 11.3 Å². The summed E-state index contributed by atoms with van der Waals surface area (Å²) < 4.78 is 14.8. The molecule has 7 nitrogen and oxygen atoms in total. The number of nitro benzene ring substituents is 1. The van der Waals surface area contributed by atoms with Gasteiger partial charge in [0.15, 0.2) is 0 Å². The first-order valence-electron chi connectivity index (χ1n) is 8.65. The number of carbonyl (C=O) groups is 1. The van der Waals surface area contributed by atoms with Crippen molar-refractivity contribution in [3.05, 3.63) is 87.0 Å². The molecule has 0 aliphatic heterocycles. The molecule has 144 valence electrons. The van der Waals surface area contributed by atoms with Gasteiger partial charge in [0, 0.05) is 16.8 Å². The van der Waals surface area contributed by atoms with E-state index < -0.39 is 16.9 Å². The first kappa shape index (κ1) is 19.2. The number of halogens is 1. The zero-order valence-corrected chi connectivity index (χ0v) is 15.6.